The van der Waals surface area contributed by atoms with Gasteiger partial charge in [-0.15, -0.1) is 0 Å². The zero-order valence-corrected chi connectivity index (χ0v) is 16.5. The largest absolute Gasteiger partial charge is 0.508 e. The molecular formula is C21H32N4O3. The molecule has 7 heteroatoms. The van der Waals surface area contributed by atoms with Crippen molar-refractivity contribution in [2.24, 2.45) is 11.7 Å². The van der Waals surface area contributed by atoms with Gasteiger partial charge in [0.05, 0.1) is 0 Å². The standard InChI is InChI=1S/C21H32N4O3/c22-21(28)16-6-11-25(12-7-16)15-17-4-5-18(14-19(17)26)23-20(27)8-13-24-9-2-1-3-10-24/h4-5,14,16,26H,1-3,6-13,15H2,(H2,22,28)(H,23,27). The summed E-state index contributed by atoms with van der Waals surface area (Å²) in [7, 11) is 0. The molecule has 2 saturated heterocycles. The number of amides is 2. The number of nitrogens with one attached hydrogen (secondary N) is 1. The lowest BCUT2D eigenvalue weighted by molar-refractivity contribution is -0.123. The Labute approximate surface area is 166 Å². The molecule has 2 heterocycles. The first kappa shape index (κ1) is 20.6. The highest BCUT2D eigenvalue weighted by Crippen LogP contribution is 2.26. The Morgan fingerprint density at radius 2 is 1.79 bits per heavy atom. The highest BCUT2D eigenvalue weighted by molar-refractivity contribution is 5.91. The number of benzene rings is 1. The van der Waals surface area contributed by atoms with Crippen LogP contribution in [0.25, 0.3) is 0 Å². The summed E-state index contributed by atoms with van der Waals surface area (Å²) in [6.07, 6.45) is 5.73. The molecule has 0 saturated carbocycles. The number of anilines is 1. The second-order valence-electron chi connectivity index (χ2n) is 8.00. The average molecular weight is 389 g/mol. The average Bonchev–Trinajstić information content (AvgIpc) is 2.70. The van der Waals surface area contributed by atoms with E-state index >= 15 is 0 Å². The van der Waals surface area contributed by atoms with Crippen LogP contribution in [0.1, 0.15) is 44.1 Å². The molecule has 3 rings (SSSR count). The van der Waals surface area contributed by atoms with E-state index in [9.17, 15) is 14.7 Å². The van der Waals surface area contributed by atoms with Gasteiger partial charge in [0.1, 0.15) is 5.75 Å². The maximum absolute atomic E-state index is 12.2. The van der Waals surface area contributed by atoms with Gasteiger partial charge in [-0.25, -0.2) is 0 Å². The number of carbonyl (C=O) groups is 2. The van der Waals surface area contributed by atoms with Gasteiger partial charge in [-0.2, -0.15) is 0 Å². The van der Waals surface area contributed by atoms with E-state index in [0.29, 0.717) is 18.7 Å². The number of likely N-dealkylation sites (tertiary alicyclic amines) is 2. The first-order chi connectivity index (χ1) is 13.5. The molecule has 4 N–H and O–H groups in total. The molecule has 0 aromatic heterocycles. The highest BCUT2D eigenvalue weighted by Gasteiger charge is 2.23. The van der Waals surface area contributed by atoms with E-state index < -0.39 is 0 Å². The number of rotatable bonds is 7. The van der Waals surface area contributed by atoms with Gasteiger partial charge in [0.15, 0.2) is 0 Å². The Kier molecular flexibility index (Phi) is 7.28. The van der Waals surface area contributed by atoms with Gasteiger partial charge in [0, 0.05) is 42.7 Å². The molecule has 1 aromatic carbocycles. The Bertz CT molecular complexity index is 680. The maximum atomic E-state index is 12.2. The summed E-state index contributed by atoms with van der Waals surface area (Å²) in [6.45, 7) is 5.17. The van der Waals surface area contributed by atoms with Crippen LogP contribution in [0, 0.1) is 5.92 Å². The van der Waals surface area contributed by atoms with Crippen LogP contribution >= 0.6 is 0 Å². The summed E-state index contributed by atoms with van der Waals surface area (Å²) >= 11 is 0. The summed E-state index contributed by atoms with van der Waals surface area (Å²) in [5.74, 6) is -0.0904. The number of hydrogen-bond acceptors (Lipinski definition) is 5. The van der Waals surface area contributed by atoms with Gasteiger partial charge < -0.3 is 21.1 Å². The molecular weight excluding hydrogens is 356 g/mol. The van der Waals surface area contributed by atoms with Crippen LogP contribution in [0.3, 0.4) is 0 Å². The van der Waals surface area contributed by atoms with E-state index in [2.05, 4.69) is 15.1 Å². The summed E-state index contributed by atoms with van der Waals surface area (Å²) in [5.41, 5.74) is 6.82. The zero-order valence-electron chi connectivity index (χ0n) is 16.5. The Hall–Kier alpha value is -2.12. The van der Waals surface area contributed by atoms with Gasteiger partial charge in [-0.3, -0.25) is 14.5 Å². The molecule has 28 heavy (non-hydrogen) atoms. The minimum atomic E-state index is -0.220. The predicted molar refractivity (Wildman–Crippen MR) is 109 cm³/mol. The van der Waals surface area contributed by atoms with Crippen molar-refractivity contribution in [3.8, 4) is 5.75 Å². The van der Waals surface area contributed by atoms with Gasteiger partial charge in [-0.1, -0.05) is 12.5 Å². The summed E-state index contributed by atoms with van der Waals surface area (Å²) in [6, 6.07) is 5.31. The molecule has 0 aliphatic carbocycles. The second kappa shape index (κ2) is 9.89. The van der Waals surface area contributed by atoms with Crippen molar-refractivity contribution in [2.45, 2.75) is 45.1 Å². The fourth-order valence-corrected chi connectivity index (χ4v) is 4.06. The number of nitrogens with zero attached hydrogens (tertiary/aromatic N) is 2. The van der Waals surface area contributed by atoms with Crippen LogP contribution < -0.4 is 11.1 Å². The summed E-state index contributed by atoms with van der Waals surface area (Å²) in [5, 5.41) is 13.2. The number of primary amides is 1. The zero-order chi connectivity index (χ0) is 19.9. The van der Waals surface area contributed by atoms with E-state index in [-0.39, 0.29) is 23.5 Å². The number of nitrogens with two attached hydrogens (primary N) is 1. The van der Waals surface area contributed by atoms with E-state index in [0.717, 1.165) is 51.1 Å². The number of carbonyl (C=O) groups excluding carboxylic acids is 2. The van der Waals surface area contributed by atoms with E-state index in [4.69, 9.17) is 5.73 Å². The van der Waals surface area contributed by atoms with E-state index in [1.165, 1.54) is 19.3 Å². The predicted octanol–water partition coefficient (Wildman–Crippen LogP) is 1.90. The molecule has 1 aromatic rings. The van der Waals surface area contributed by atoms with Crippen LogP contribution in [-0.4, -0.2) is 59.4 Å². The SMILES string of the molecule is NC(=O)C1CCN(Cc2ccc(NC(=O)CCN3CCCCC3)cc2O)CC1. The molecule has 0 bridgehead atoms. The molecule has 0 radical (unpaired) electrons. The van der Waals surface area contributed by atoms with Crippen molar-refractivity contribution in [1.29, 1.82) is 0 Å². The fraction of sp³-hybridized carbons (Fsp3) is 0.619. The molecule has 2 aliphatic heterocycles. The quantitative estimate of drug-likeness (QED) is 0.663. The third kappa shape index (κ3) is 5.94. The van der Waals surface area contributed by atoms with Crippen molar-refractivity contribution in [3.05, 3.63) is 23.8 Å². The first-order valence-electron chi connectivity index (χ1n) is 10.4. The number of phenolic OH excluding ortho intramolecular Hbond substituents is 1. The topological polar surface area (TPSA) is 98.9 Å². The van der Waals surface area contributed by atoms with Crippen molar-refractivity contribution in [2.75, 3.05) is 38.0 Å². The van der Waals surface area contributed by atoms with Gasteiger partial charge in [0.25, 0.3) is 0 Å². The van der Waals surface area contributed by atoms with Crippen LogP contribution in [0.2, 0.25) is 0 Å². The Balaban J connectivity index is 1.45. The molecule has 2 aliphatic rings. The monoisotopic (exact) mass is 388 g/mol. The third-order valence-electron chi connectivity index (χ3n) is 5.86. The molecule has 0 spiro atoms. The summed E-state index contributed by atoms with van der Waals surface area (Å²) in [4.78, 5) is 28.0. The van der Waals surface area contributed by atoms with E-state index in [1.54, 1.807) is 6.07 Å². The molecule has 0 unspecified atom stereocenters. The second-order valence-corrected chi connectivity index (χ2v) is 8.00. The molecule has 0 atom stereocenters. The Morgan fingerprint density at radius 3 is 2.43 bits per heavy atom. The minimum absolute atomic E-state index is 0.0220. The fourth-order valence-electron chi connectivity index (χ4n) is 4.06. The van der Waals surface area contributed by atoms with Crippen LogP contribution in [0.15, 0.2) is 18.2 Å². The van der Waals surface area contributed by atoms with Crippen LogP contribution in [0.4, 0.5) is 5.69 Å². The molecule has 2 amide bonds. The normalized spacial score (nSPS) is 19.4. The van der Waals surface area contributed by atoms with Crippen molar-refractivity contribution in [1.82, 2.24) is 9.80 Å². The van der Waals surface area contributed by atoms with Crippen molar-refractivity contribution >= 4 is 17.5 Å². The molecule has 154 valence electrons. The number of hydrogen-bond donors (Lipinski definition) is 3. The van der Waals surface area contributed by atoms with Gasteiger partial charge in [0.2, 0.25) is 11.8 Å². The van der Waals surface area contributed by atoms with Gasteiger partial charge >= 0.3 is 0 Å². The summed E-state index contributed by atoms with van der Waals surface area (Å²) < 4.78 is 0. The number of piperidine rings is 2. The van der Waals surface area contributed by atoms with E-state index in [1.807, 2.05) is 12.1 Å². The highest BCUT2D eigenvalue weighted by atomic mass is 16.3. The maximum Gasteiger partial charge on any atom is 0.225 e. The lowest BCUT2D eigenvalue weighted by Gasteiger charge is -2.30. The van der Waals surface area contributed by atoms with Crippen molar-refractivity contribution < 1.29 is 14.7 Å². The van der Waals surface area contributed by atoms with Crippen LogP contribution in [-0.2, 0) is 16.1 Å². The Morgan fingerprint density at radius 1 is 1.07 bits per heavy atom. The molecule has 2 fully saturated rings. The van der Waals surface area contributed by atoms with Crippen LogP contribution in [0.5, 0.6) is 5.75 Å². The molecule has 7 nitrogen and oxygen atoms in total. The smallest absolute Gasteiger partial charge is 0.225 e. The lowest BCUT2D eigenvalue weighted by atomic mass is 9.96. The van der Waals surface area contributed by atoms with Crippen molar-refractivity contribution in [3.63, 3.8) is 0 Å². The first-order valence-corrected chi connectivity index (χ1v) is 10.4. The minimum Gasteiger partial charge on any atom is -0.508 e. The van der Waals surface area contributed by atoms with Gasteiger partial charge in [-0.05, 0) is 57.9 Å². The lowest BCUT2D eigenvalue weighted by Crippen LogP contribution is -2.38. The third-order valence-corrected chi connectivity index (χ3v) is 5.86. The number of phenols is 1. The number of aromatic hydroxyl groups is 1.